The van der Waals surface area contributed by atoms with Crippen molar-refractivity contribution in [2.24, 2.45) is 5.10 Å². The summed E-state index contributed by atoms with van der Waals surface area (Å²) in [5, 5.41) is 4.40. The Kier molecular flexibility index (Phi) is 9.51. The molecule has 0 unspecified atom stereocenters. The first-order valence-electron chi connectivity index (χ1n) is 10.5. The molecule has 3 aromatic carbocycles. The third-order valence-electron chi connectivity index (χ3n) is 4.73. The molecule has 0 fully saturated rings. The van der Waals surface area contributed by atoms with Crippen molar-refractivity contribution in [1.29, 1.82) is 0 Å². The molecule has 0 radical (unpaired) electrons. The summed E-state index contributed by atoms with van der Waals surface area (Å²) in [6.07, 6.45) is 3.02. The summed E-state index contributed by atoms with van der Waals surface area (Å²) < 4.78 is 39.2. The van der Waals surface area contributed by atoms with E-state index in [9.17, 15) is 13.2 Å². The molecule has 0 bridgehead atoms. The number of carbonyl (C=O) groups is 1. The lowest BCUT2D eigenvalue weighted by atomic mass is 10.2. The van der Waals surface area contributed by atoms with Gasteiger partial charge in [-0.1, -0.05) is 42.5 Å². The lowest BCUT2D eigenvalue weighted by Gasteiger charge is -2.23. The van der Waals surface area contributed by atoms with Crippen molar-refractivity contribution in [1.82, 2.24) is 5.43 Å². The van der Waals surface area contributed by atoms with Gasteiger partial charge >= 0.3 is 0 Å². The smallest absolute Gasteiger partial charge is 0.264 e. The van der Waals surface area contributed by atoms with Crippen LogP contribution in [0.25, 0.3) is 0 Å². The molecule has 3 rings (SSSR count). The van der Waals surface area contributed by atoms with Gasteiger partial charge in [0.1, 0.15) is 13.2 Å². The largest absolute Gasteiger partial charge is 0.493 e. The van der Waals surface area contributed by atoms with E-state index in [-0.39, 0.29) is 10.6 Å². The highest BCUT2D eigenvalue weighted by molar-refractivity contribution is 9.10. The maximum atomic E-state index is 13.3. The van der Waals surface area contributed by atoms with Crippen molar-refractivity contribution < 1.29 is 22.7 Å². The van der Waals surface area contributed by atoms with Gasteiger partial charge in [-0.3, -0.25) is 9.10 Å². The second-order valence-corrected chi connectivity index (χ2v) is 10.4. The van der Waals surface area contributed by atoms with E-state index in [4.69, 9.17) is 21.1 Å². The van der Waals surface area contributed by atoms with Gasteiger partial charge in [0, 0.05) is 5.02 Å². The standard InChI is InChI=1S/C25H23BrClN3O5S/c1-3-13-35-25-22(26)14-18(15-23(25)34-2)16-28-29-24(31)17-30(20-11-9-19(27)10-12-20)36(32,33)21-7-5-4-6-8-21/h3-12,14-16H,1,13,17H2,2H3,(H,29,31)/b28-16-. The Morgan fingerprint density at radius 2 is 1.86 bits per heavy atom. The van der Waals surface area contributed by atoms with Gasteiger partial charge in [-0.15, -0.1) is 0 Å². The normalized spacial score (nSPS) is 11.2. The number of ether oxygens (including phenoxy) is 2. The fourth-order valence-corrected chi connectivity index (χ4v) is 5.23. The predicted octanol–water partition coefficient (Wildman–Crippen LogP) is 5.02. The van der Waals surface area contributed by atoms with E-state index in [1.807, 2.05) is 0 Å². The zero-order valence-electron chi connectivity index (χ0n) is 19.2. The van der Waals surface area contributed by atoms with Crippen LogP contribution in [0, 0.1) is 0 Å². The lowest BCUT2D eigenvalue weighted by Crippen LogP contribution is -2.39. The summed E-state index contributed by atoms with van der Waals surface area (Å²) in [6.45, 7) is 3.42. The molecule has 0 saturated heterocycles. The molecule has 1 N–H and O–H groups in total. The molecule has 3 aromatic rings. The minimum Gasteiger partial charge on any atom is -0.493 e. The van der Waals surface area contributed by atoms with Crippen LogP contribution in [0.3, 0.4) is 0 Å². The van der Waals surface area contributed by atoms with E-state index in [0.717, 1.165) is 4.31 Å². The average Bonchev–Trinajstić information content (AvgIpc) is 2.87. The number of anilines is 1. The minimum absolute atomic E-state index is 0.0481. The quantitative estimate of drug-likeness (QED) is 0.192. The third kappa shape index (κ3) is 6.87. The van der Waals surface area contributed by atoms with Crippen LogP contribution in [0.1, 0.15) is 5.56 Å². The molecule has 1 amide bonds. The van der Waals surface area contributed by atoms with Crippen molar-refractivity contribution in [2.45, 2.75) is 4.90 Å². The monoisotopic (exact) mass is 591 g/mol. The van der Waals surface area contributed by atoms with Crippen molar-refractivity contribution >= 4 is 55.4 Å². The van der Waals surface area contributed by atoms with Crippen LogP contribution < -0.4 is 19.2 Å². The third-order valence-corrected chi connectivity index (χ3v) is 7.36. The number of carbonyl (C=O) groups excluding carboxylic acids is 1. The number of nitrogens with zero attached hydrogens (tertiary/aromatic N) is 2. The van der Waals surface area contributed by atoms with Crippen molar-refractivity contribution in [2.75, 3.05) is 24.6 Å². The summed E-state index contributed by atoms with van der Waals surface area (Å²) in [5.74, 6) is 0.322. The summed E-state index contributed by atoms with van der Waals surface area (Å²) in [5.41, 5.74) is 3.26. The Labute approximate surface area is 223 Å². The molecule has 11 heteroatoms. The number of hydrogen-bond donors (Lipinski definition) is 1. The molecular formula is C25H23BrClN3O5S. The highest BCUT2D eigenvalue weighted by Crippen LogP contribution is 2.36. The van der Waals surface area contributed by atoms with Crippen LogP contribution in [-0.4, -0.2) is 40.8 Å². The molecule has 0 heterocycles. The van der Waals surface area contributed by atoms with Gasteiger partial charge in [0.25, 0.3) is 15.9 Å². The molecular weight excluding hydrogens is 570 g/mol. The number of sulfonamides is 1. The molecule has 0 aliphatic carbocycles. The molecule has 0 aromatic heterocycles. The first-order valence-corrected chi connectivity index (χ1v) is 13.1. The van der Waals surface area contributed by atoms with Crippen LogP contribution >= 0.6 is 27.5 Å². The van der Waals surface area contributed by atoms with Crippen LogP contribution in [-0.2, 0) is 14.8 Å². The number of rotatable bonds is 11. The maximum Gasteiger partial charge on any atom is 0.264 e. The summed E-state index contributed by atoms with van der Waals surface area (Å²) in [6, 6.07) is 17.4. The number of benzene rings is 3. The van der Waals surface area contributed by atoms with Gasteiger partial charge in [-0.2, -0.15) is 5.10 Å². The summed E-state index contributed by atoms with van der Waals surface area (Å²) in [7, 11) is -2.53. The first kappa shape index (κ1) is 27.3. The number of methoxy groups -OCH3 is 1. The van der Waals surface area contributed by atoms with Crippen molar-refractivity contribution in [3.63, 3.8) is 0 Å². The van der Waals surface area contributed by atoms with E-state index in [1.165, 1.54) is 37.6 Å². The van der Waals surface area contributed by atoms with Gasteiger partial charge in [0.15, 0.2) is 11.5 Å². The summed E-state index contributed by atoms with van der Waals surface area (Å²) in [4.78, 5) is 12.8. The predicted molar refractivity (Wildman–Crippen MR) is 145 cm³/mol. The SMILES string of the molecule is C=CCOc1c(Br)cc(/C=N\NC(=O)CN(c2ccc(Cl)cc2)S(=O)(=O)c2ccccc2)cc1OC. The molecule has 36 heavy (non-hydrogen) atoms. The molecule has 0 saturated carbocycles. The Hall–Kier alpha value is -3.34. The molecule has 0 aliphatic heterocycles. The number of hydrogen-bond acceptors (Lipinski definition) is 6. The Balaban J connectivity index is 1.79. The van der Waals surface area contributed by atoms with Gasteiger partial charge < -0.3 is 9.47 Å². The van der Waals surface area contributed by atoms with Gasteiger partial charge in [0.2, 0.25) is 0 Å². The minimum atomic E-state index is -4.03. The summed E-state index contributed by atoms with van der Waals surface area (Å²) >= 11 is 9.38. The van der Waals surface area contributed by atoms with Crippen molar-refractivity contribution in [3.05, 3.63) is 94.4 Å². The van der Waals surface area contributed by atoms with E-state index in [0.29, 0.717) is 33.2 Å². The van der Waals surface area contributed by atoms with Crippen LogP contribution in [0.2, 0.25) is 5.02 Å². The topological polar surface area (TPSA) is 97.3 Å². The molecule has 0 atom stereocenters. The second kappa shape index (κ2) is 12.6. The van der Waals surface area contributed by atoms with Gasteiger partial charge in [0.05, 0.1) is 28.4 Å². The van der Waals surface area contributed by atoms with Crippen LogP contribution in [0.5, 0.6) is 11.5 Å². The number of nitrogens with one attached hydrogen (secondary N) is 1. The van der Waals surface area contributed by atoms with Gasteiger partial charge in [-0.25, -0.2) is 13.8 Å². The molecule has 8 nitrogen and oxygen atoms in total. The average molecular weight is 593 g/mol. The molecule has 188 valence electrons. The first-order chi connectivity index (χ1) is 17.3. The highest BCUT2D eigenvalue weighted by atomic mass is 79.9. The Morgan fingerprint density at radius 3 is 2.50 bits per heavy atom. The number of amides is 1. The second-order valence-electron chi connectivity index (χ2n) is 7.23. The number of hydrazone groups is 1. The lowest BCUT2D eigenvalue weighted by molar-refractivity contribution is -0.119. The van der Waals surface area contributed by atoms with Gasteiger partial charge in [-0.05, 0) is 70.0 Å². The van der Waals surface area contributed by atoms with Crippen LogP contribution in [0.15, 0.2) is 93.9 Å². The van der Waals surface area contributed by atoms with E-state index in [1.54, 1.807) is 48.5 Å². The Bertz CT molecular complexity index is 1350. The van der Waals surface area contributed by atoms with Crippen LogP contribution in [0.4, 0.5) is 5.69 Å². The zero-order chi connectivity index (χ0) is 26.1. The fraction of sp³-hybridized carbons (Fsp3) is 0.120. The zero-order valence-corrected chi connectivity index (χ0v) is 22.4. The van der Waals surface area contributed by atoms with E-state index in [2.05, 4.69) is 33.0 Å². The van der Waals surface area contributed by atoms with E-state index < -0.39 is 22.5 Å². The Morgan fingerprint density at radius 1 is 1.17 bits per heavy atom. The maximum absolute atomic E-state index is 13.3. The van der Waals surface area contributed by atoms with E-state index >= 15 is 0 Å². The highest BCUT2D eigenvalue weighted by Gasteiger charge is 2.27. The van der Waals surface area contributed by atoms with Crippen molar-refractivity contribution in [3.8, 4) is 11.5 Å². The molecule has 0 aliphatic rings. The fourth-order valence-electron chi connectivity index (χ4n) is 3.08. The molecule has 0 spiro atoms. The number of halogens is 2.